The second kappa shape index (κ2) is 7.87. The van der Waals surface area contributed by atoms with Gasteiger partial charge in [-0.3, -0.25) is 9.69 Å². The van der Waals surface area contributed by atoms with Gasteiger partial charge in [0.15, 0.2) is 0 Å². The van der Waals surface area contributed by atoms with Gasteiger partial charge < -0.3 is 15.4 Å². The number of ether oxygens (including phenoxy) is 1. The third kappa shape index (κ3) is 4.21. The molecule has 2 rings (SSSR count). The molecule has 20 heavy (non-hydrogen) atoms. The zero-order chi connectivity index (χ0) is 14.2. The molecule has 1 atom stereocenters. The van der Waals surface area contributed by atoms with E-state index in [1.54, 1.807) is 0 Å². The number of nitrogens with zero attached hydrogens (tertiary/aromatic N) is 1. The number of hydrogen-bond acceptors (Lipinski definition) is 4. The Morgan fingerprint density at radius 1 is 1.45 bits per heavy atom. The Bertz CT molecular complexity index is 411. The van der Waals surface area contributed by atoms with Crippen LogP contribution in [0.25, 0.3) is 0 Å². The van der Waals surface area contributed by atoms with Crippen LogP contribution in [-0.2, 0) is 4.79 Å². The Balaban J connectivity index is 1.81. The molecule has 1 saturated heterocycles. The van der Waals surface area contributed by atoms with Crippen molar-refractivity contribution in [2.24, 2.45) is 0 Å². The minimum Gasteiger partial charge on any atom is -0.492 e. The quantitative estimate of drug-likeness (QED) is 0.794. The molecular formula is C15H23N3O2. The van der Waals surface area contributed by atoms with Gasteiger partial charge in [-0.2, -0.15) is 0 Å². The van der Waals surface area contributed by atoms with Crippen LogP contribution in [0.3, 0.4) is 0 Å². The van der Waals surface area contributed by atoms with Gasteiger partial charge in [0.2, 0.25) is 5.91 Å². The van der Waals surface area contributed by atoms with E-state index in [-0.39, 0.29) is 11.9 Å². The van der Waals surface area contributed by atoms with Crippen molar-refractivity contribution < 1.29 is 9.53 Å². The van der Waals surface area contributed by atoms with Crippen molar-refractivity contribution in [2.45, 2.75) is 13.0 Å². The molecule has 0 aliphatic carbocycles. The molecule has 0 aromatic heterocycles. The standard InChI is InChI=1S/C15H23N3O2/c1-2-17-15(19)14-12-16-8-9-18(14)10-11-20-13-6-4-3-5-7-13/h3-7,14,16H,2,8-12H2,1H3,(H,17,19). The van der Waals surface area contributed by atoms with Gasteiger partial charge >= 0.3 is 0 Å². The van der Waals surface area contributed by atoms with Gasteiger partial charge in [0.05, 0.1) is 0 Å². The van der Waals surface area contributed by atoms with E-state index in [1.807, 2.05) is 37.3 Å². The number of carbonyl (C=O) groups is 1. The molecule has 1 fully saturated rings. The molecule has 110 valence electrons. The highest BCUT2D eigenvalue weighted by Gasteiger charge is 2.27. The lowest BCUT2D eigenvalue weighted by Gasteiger charge is -2.34. The SMILES string of the molecule is CCNC(=O)C1CNCCN1CCOc1ccccc1. The molecule has 1 amide bonds. The second-order valence-electron chi connectivity index (χ2n) is 4.81. The van der Waals surface area contributed by atoms with Gasteiger partial charge in [-0.25, -0.2) is 0 Å². The van der Waals surface area contributed by atoms with Crippen LogP contribution < -0.4 is 15.4 Å². The van der Waals surface area contributed by atoms with Crippen molar-refractivity contribution >= 4 is 5.91 Å². The first-order valence-electron chi connectivity index (χ1n) is 7.21. The second-order valence-corrected chi connectivity index (χ2v) is 4.81. The molecule has 1 aromatic carbocycles. The fraction of sp³-hybridized carbons (Fsp3) is 0.533. The molecule has 0 spiro atoms. The summed E-state index contributed by atoms with van der Waals surface area (Å²) in [6.07, 6.45) is 0. The van der Waals surface area contributed by atoms with Crippen LogP contribution >= 0.6 is 0 Å². The smallest absolute Gasteiger partial charge is 0.238 e. The van der Waals surface area contributed by atoms with Crippen LogP contribution in [0, 0.1) is 0 Å². The fourth-order valence-electron chi connectivity index (χ4n) is 2.36. The molecule has 1 aliphatic heterocycles. The van der Waals surface area contributed by atoms with Crippen molar-refractivity contribution in [1.82, 2.24) is 15.5 Å². The first-order valence-corrected chi connectivity index (χ1v) is 7.21. The monoisotopic (exact) mass is 277 g/mol. The molecule has 1 aromatic rings. The minimum atomic E-state index is -0.0944. The Hall–Kier alpha value is -1.59. The average Bonchev–Trinajstić information content (AvgIpc) is 2.49. The van der Waals surface area contributed by atoms with Gasteiger partial charge in [0.1, 0.15) is 18.4 Å². The summed E-state index contributed by atoms with van der Waals surface area (Å²) < 4.78 is 5.70. The number of benzene rings is 1. The molecule has 2 N–H and O–H groups in total. The molecule has 5 nitrogen and oxygen atoms in total. The van der Waals surface area contributed by atoms with Crippen LogP contribution in [0.15, 0.2) is 30.3 Å². The summed E-state index contributed by atoms with van der Waals surface area (Å²) in [7, 11) is 0. The molecule has 5 heteroatoms. The van der Waals surface area contributed by atoms with Gasteiger partial charge in [-0.1, -0.05) is 18.2 Å². The summed E-state index contributed by atoms with van der Waals surface area (Å²) in [5, 5.41) is 6.16. The third-order valence-electron chi connectivity index (χ3n) is 3.40. The number of amides is 1. The number of piperazine rings is 1. The number of likely N-dealkylation sites (N-methyl/N-ethyl adjacent to an activating group) is 1. The summed E-state index contributed by atoms with van der Waals surface area (Å²) >= 11 is 0. The fourth-order valence-corrected chi connectivity index (χ4v) is 2.36. The van der Waals surface area contributed by atoms with Crippen LogP contribution in [0.4, 0.5) is 0 Å². The van der Waals surface area contributed by atoms with E-state index in [0.29, 0.717) is 19.7 Å². The van der Waals surface area contributed by atoms with E-state index in [1.165, 1.54) is 0 Å². The summed E-state index contributed by atoms with van der Waals surface area (Å²) in [5.74, 6) is 0.969. The van der Waals surface area contributed by atoms with E-state index in [0.717, 1.165) is 25.4 Å². The normalized spacial score (nSPS) is 19.6. The molecule has 0 bridgehead atoms. The predicted octanol–water partition coefficient (Wildman–Crippen LogP) is 0.475. The average molecular weight is 277 g/mol. The highest BCUT2D eigenvalue weighted by atomic mass is 16.5. The van der Waals surface area contributed by atoms with Crippen molar-refractivity contribution in [3.05, 3.63) is 30.3 Å². The van der Waals surface area contributed by atoms with E-state index in [9.17, 15) is 4.79 Å². The van der Waals surface area contributed by atoms with Gasteiger partial charge in [0, 0.05) is 32.7 Å². The maximum absolute atomic E-state index is 12.0. The van der Waals surface area contributed by atoms with E-state index < -0.39 is 0 Å². The predicted molar refractivity (Wildman–Crippen MR) is 78.9 cm³/mol. The zero-order valence-electron chi connectivity index (χ0n) is 12.0. The van der Waals surface area contributed by atoms with Gasteiger partial charge in [-0.15, -0.1) is 0 Å². The van der Waals surface area contributed by atoms with Crippen LogP contribution in [0.1, 0.15) is 6.92 Å². The zero-order valence-corrected chi connectivity index (χ0v) is 12.0. The maximum Gasteiger partial charge on any atom is 0.238 e. The summed E-state index contributed by atoms with van der Waals surface area (Å²) in [6, 6.07) is 9.67. The first-order chi connectivity index (χ1) is 9.81. The van der Waals surface area contributed by atoms with Crippen molar-refractivity contribution in [3.63, 3.8) is 0 Å². The summed E-state index contributed by atoms with van der Waals surface area (Å²) in [4.78, 5) is 14.2. The number of rotatable bonds is 6. The molecule has 1 heterocycles. The van der Waals surface area contributed by atoms with E-state index in [2.05, 4.69) is 15.5 Å². The molecule has 1 aliphatic rings. The molecule has 0 saturated carbocycles. The third-order valence-corrected chi connectivity index (χ3v) is 3.40. The molecular weight excluding hydrogens is 254 g/mol. The first kappa shape index (κ1) is 14.8. The van der Waals surface area contributed by atoms with E-state index in [4.69, 9.17) is 4.74 Å². The molecule has 0 radical (unpaired) electrons. The number of carbonyl (C=O) groups excluding carboxylic acids is 1. The van der Waals surface area contributed by atoms with Gasteiger partial charge in [0.25, 0.3) is 0 Å². The lowest BCUT2D eigenvalue weighted by molar-refractivity contribution is -0.127. The Morgan fingerprint density at radius 2 is 2.25 bits per heavy atom. The van der Waals surface area contributed by atoms with Crippen molar-refractivity contribution in [3.8, 4) is 5.75 Å². The highest BCUT2D eigenvalue weighted by Crippen LogP contribution is 2.09. The minimum absolute atomic E-state index is 0.0944. The van der Waals surface area contributed by atoms with Crippen LogP contribution in [0.2, 0.25) is 0 Å². The Labute approximate surface area is 120 Å². The highest BCUT2D eigenvalue weighted by molar-refractivity contribution is 5.82. The van der Waals surface area contributed by atoms with Gasteiger partial charge in [-0.05, 0) is 19.1 Å². The lowest BCUT2D eigenvalue weighted by Crippen LogP contribution is -2.58. The number of nitrogens with one attached hydrogen (secondary N) is 2. The Morgan fingerprint density at radius 3 is 3.00 bits per heavy atom. The Kier molecular flexibility index (Phi) is 5.83. The van der Waals surface area contributed by atoms with Crippen molar-refractivity contribution in [2.75, 3.05) is 39.3 Å². The lowest BCUT2D eigenvalue weighted by atomic mass is 10.2. The number of para-hydroxylation sites is 1. The van der Waals surface area contributed by atoms with Crippen molar-refractivity contribution in [1.29, 1.82) is 0 Å². The van der Waals surface area contributed by atoms with Crippen LogP contribution in [0.5, 0.6) is 5.75 Å². The number of hydrogen-bond donors (Lipinski definition) is 2. The van der Waals surface area contributed by atoms with E-state index >= 15 is 0 Å². The summed E-state index contributed by atoms with van der Waals surface area (Å²) in [6.45, 7) is 6.47. The summed E-state index contributed by atoms with van der Waals surface area (Å²) in [5.41, 5.74) is 0. The maximum atomic E-state index is 12.0. The largest absolute Gasteiger partial charge is 0.492 e. The topological polar surface area (TPSA) is 53.6 Å². The van der Waals surface area contributed by atoms with Crippen LogP contribution in [-0.4, -0.2) is 56.2 Å². The molecule has 1 unspecified atom stereocenters.